The first-order valence-corrected chi connectivity index (χ1v) is 10.1. The van der Waals surface area contributed by atoms with E-state index in [4.69, 9.17) is 4.74 Å². The van der Waals surface area contributed by atoms with Crippen LogP contribution in [0.25, 0.3) is 21.5 Å². The highest BCUT2D eigenvalue weighted by Crippen LogP contribution is 2.27. The summed E-state index contributed by atoms with van der Waals surface area (Å²) in [6, 6.07) is 20.3. The van der Waals surface area contributed by atoms with E-state index >= 15 is 0 Å². The van der Waals surface area contributed by atoms with Gasteiger partial charge in [-0.2, -0.15) is 0 Å². The van der Waals surface area contributed by atoms with Gasteiger partial charge in [0.15, 0.2) is 11.6 Å². The summed E-state index contributed by atoms with van der Waals surface area (Å²) in [4.78, 5) is 6.50. The van der Waals surface area contributed by atoms with Gasteiger partial charge < -0.3 is 4.74 Å². The topological polar surface area (TPSA) is 25.4 Å². The van der Waals surface area contributed by atoms with E-state index in [1.165, 1.54) is 22.4 Å². The Balaban J connectivity index is 1.22. The molecule has 1 fully saturated rings. The molecule has 146 valence electrons. The summed E-state index contributed by atoms with van der Waals surface area (Å²) in [5.74, 6) is 0.0285. The summed E-state index contributed by atoms with van der Waals surface area (Å²) in [6.45, 7) is 2.85. The van der Waals surface area contributed by atoms with Crippen LogP contribution in [0.15, 0.2) is 73.1 Å². The highest BCUT2D eigenvalue weighted by Gasteiger charge is 2.22. The number of rotatable bonds is 4. The number of piperidine rings is 1. The van der Waals surface area contributed by atoms with Crippen LogP contribution < -0.4 is 4.74 Å². The molecule has 1 saturated heterocycles. The number of pyridine rings is 1. The molecule has 0 amide bonds. The molecule has 4 aromatic rings. The molecule has 3 nitrogen and oxygen atoms in total. The Hall–Kier alpha value is -2.98. The van der Waals surface area contributed by atoms with Crippen LogP contribution in [0.4, 0.5) is 4.39 Å². The maximum absolute atomic E-state index is 14.4. The second-order valence-corrected chi connectivity index (χ2v) is 7.78. The number of halogens is 1. The highest BCUT2D eigenvalue weighted by atomic mass is 19.1. The molecule has 29 heavy (non-hydrogen) atoms. The second kappa shape index (κ2) is 7.80. The fourth-order valence-electron chi connectivity index (χ4n) is 4.14. The molecular weight excluding hydrogens is 363 g/mol. The average molecular weight is 386 g/mol. The number of aromatic nitrogens is 1. The third-order valence-electron chi connectivity index (χ3n) is 5.74. The molecule has 1 aliphatic rings. The molecule has 1 aromatic heterocycles. The van der Waals surface area contributed by atoms with Gasteiger partial charge in [0.05, 0.1) is 0 Å². The summed E-state index contributed by atoms with van der Waals surface area (Å²) in [5, 5.41) is 4.30. The fourth-order valence-corrected chi connectivity index (χ4v) is 4.14. The normalized spacial score (nSPS) is 15.8. The maximum Gasteiger partial charge on any atom is 0.165 e. The van der Waals surface area contributed by atoms with Crippen molar-refractivity contribution >= 4 is 21.5 Å². The Morgan fingerprint density at radius 1 is 0.897 bits per heavy atom. The third kappa shape index (κ3) is 3.94. The highest BCUT2D eigenvalue weighted by molar-refractivity contribution is 5.83. The lowest BCUT2D eigenvalue weighted by molar-refractivity contribution is 0.0937. The van der Waals surface area contributed by atoms with Crippen LogP contribution in [-0.2, 0) is 6.54 Å². The summed E-state index contributed by atoms with van der Waals surface area (Å²) in [6.07, 6.45) is 5.25. The number of ether oxygens (including phenoxy) is 1. The molecule has 0 N–H and O–H groups in total. The van der Waals surface area contributed by atoms with Crippen LogP contribution in [0.2, 0.25) is 0 Å². The molecular formula is C25H23FN2O. The summed E-state index contributed by atoms with van der Waals surface area (Å²) in [5.41, 5.74) is 1.33. The SMILES string of the molecule is Fc1cc2cnccc2cc1OC1CCN(Cc2ccc3ccccc3c2)CC1. The fraction of sp³-hybridized carbons (Fsp3) is 0.240. The van der Waals surface area contributed by atoms with E-state index in [-0.39, 0.29) is 11.9 Å². The minimum atomic E-state index is -0.316. The lowest BCUT2D eigenvalue weighted by Crippen LogP contribution is -2.37. The third-order valence-corrected chi connectivity index (χ3v) is 5.74. The van der Waals surface area contributed by atoms with Crippen molar-refractivity contribution in [3.05, 3.63) is 84.4 Å². The van der Waals surface area contributed by atoms with Crippen molar-refractivity contribution in [2.75, 3.05) is 13.1 Å². The van der Waals surface area contributed by atoms with Crippen LogP contribution in [0.5, 0.6) is 5.75 Å². The molecule has 4 heteroatoms. The van der Waals surface area contributed by atoms with Crippen molar-refractivity contribution in [1.82, 2.24) is 9.88 Å². The molecule has 0 bridgehead atoms. The predicted molar refractivity (Wildman–Crippen MR) is 115 cm³/mol. The zero-order valence-electron chi connectivity index (χ0n) is 16.2. The summed E-state index contributed by atoms with van der Waals surface area (Å²) < 4.78 is 20.4. The van der Waals surface area contributed by atoms with Crippen molar-refractivity contribution in [1.29, 1.82) is 0 Å². The van der Waals surface area contributed by atoms with Crippen molar-refractivity contribution in [3.63, 3.8) is 0 Å². The summed E-state index contributed by atoms with van der Waals surface area (Å²) >= 11 is 0. The largest absolute Gasteiger partial charge is 0.487 e. The molecule has 3 aromatic carbocycles. The zero-order valence-corrected chi connectivity index (χ0v) is 16.2. The van der Waals surface area contributed by atoms with Gasteiger partial charge >= 0.3 is 0 Å². The van der Waals surface area contributed by atoms with E-state index in [1.54, 1.807) is 18.5 Å². The molecule has 0 unspecified atom stereocenters. The van der Waals surface area contributed by atoms with Crippen LogP contribution in [0.3, 0.4) is 0 Å². The van der Waals surface area contributed by atoms with E-state index in [0.717, 1.165) is 43.2 Å². The van der Waals surface area contributed by atoms with E-state index in [0.29, 0.717) is 5.75 Å². The average Bonchev–Trinajstić information content (AvgIpc) is 2.75. The minimum Gasteiger partial charge on any atom is -0.487 e. The van der Waals surface area contributed by atoms with Crippen molar-refractivity contribution < 1.29 is 9.13 Å². The molecule has 5 rings (SSSR count). The Labute approximate surface area is 169 Å². The molecule has 0 saturated carbocycles. The van der Waals surface area contributed by atoms with E-state index in [2.05, 4.69) is 52.3 Å². The van der Waals surface area contributed by atoms with E-state index < -0.39 is 0 Å². The monoisotopic (exact) mass is 386 g/mol. The lowest BCUT2D eigenvalue weighted by Gasteiger charge is -2.32. The van der Waals surface area contributed by atoms with Gasteiger partial charge in [-0.3, -0.25) is 9.88 Å². The number of likely N-dealkylation sites (tertiary alicyclic amines) is 1. The summed E-state index contributed by atoms with van der Waals surface area (Å²) in [7, 11) is 0. The van der Waals surface area contributed by atoms with Gasteiger partial charge in [0.1, 0.15) is 6.10 Å². The van der Waals surface area contributed by atoms with Gasteiger partial charge in [-0.05, 0) is 58.8 Å². The Morgan fingerprint density at radius 3 is 2.55 bits per heavy atom. The lowest BCUT2D eigenvalue weighted by atomic mass is 10.0. The van der Waals surface area contributed by atoms with Crippen LogP contribution in [-0.4, -0.2) is 29.1 Å². The van der Waals surface area contributed by atoms with Crippen molar-refractivity contribution in [2.45, 2.75) is 25.5 Å². The zero-order chi connectivity index (χ0) is 19.6. The van der Waals surface area contributed by atoms with Crippen molar-refractivity contribution in [3.8, 4) is 5.75 Å². The number of nitrogens with zero attached hydrogens (tertiary/aromatic N) is 2. The maximum atomic E-state index is 14.4. The quantitative estimate of drug-likeness (QED) is 0.458. The first-order valence-electron chi connectivity index (χ1n) is 10.1. The predicted octanol–water partition coefficient (Wildman–Crippen LogP) is 5.57. The second-order valence-electron chi connectivity index (χ2n) is 7.78. The first kappa shape index (κ1) is 18.1. The van der Waals surface area contributed by atoms with E-state index in [9.17, 15) is 4.39 Å². The smallest absolute Gasteiger partial charge is 0.165 e. The van der Waals surface area contributed by atoms with Crippen LogP contribution in [0.1, 0.15) is 18.4 Å². The minimum absolute atomic E-state index is 0.0524. The molecule has 0 radical (unpaired) electrons. The standard InChI is InChI=1S/C25H23FN2O/c26-24-14-22-16-27-10-7-21(22)15-25(24)29-23-8-11-28(12-9-23)17-18-5-6-19-3-1-2-4-20(19)13-18/h1-7,10,13-16,23H,8-9,11-12,17H2. The molecule has 2 heterocycles. The molecule has 1 aliphatic heterocycles. The van der Waals surface area contributed by atoms with Gasteiger partial charge in [-0.1, -0.05) is 36.4 Å². The Bertz CT molecular complexity index is 1150. The van der Waals surface area contributed by atoms with Crippen molar-refractivity contribution in [2.24, 2.45) is 0 Å². The van der Waals surface area contributed by atoms with Gasteiger partial charge in [-0.15, -0.1) is 0 Å². The number of benzene rings is 3. The van der Waals surface area contributed by atoms with Crippen LogP contribution in [0, 0.1) is 5.82 Å². The molecule has 0 aliphatic carbocycles. The number of hydrogen-bond donors (Lipinski definition) is 0. The Morgan fingerprint density at radius 2 is 1.69 bits per heavy atom. The van der Waals surface area contributed by atoms with Gasteiger partial charge in [-0.25, -0.2) is 4.39 Å². The Kier molecular flexibility index (Phi) is 4.86. The van der Waals surface area contributed by atoms with E-state index in [1.807, 2.05) is 6.07 Å². The van der Waals surface area contributed by atoms with Crippen LogP contribution >= 0.6 is 0 Å². The molecule has 0 spiro atoms. The first-order chi connectivity index (χ1) is 14.2. The van der Waals surface area contributed by atoms with Gasteiger partial charge in [0.2, 0.25) is 0 Å². The molecule has 0 atom stereocenters. The number of fused-ring (bicyclic) bond motifs is 2. The van der Waals surface area contributed by atoms with Gasteiger partial charge in [0, 0.05) is 37.4 Å². The van der Waals surface area contributed by atoms with Gasteiger partial charge in [0.25, 0.3) is 0 Å². The number of hydrogen-bond acceptors (Lipinski definition) is 3.